The first-order valence-corrected chi connectivity index (χ1v) is 4.08. The Morgan fingerprint density at radius 3 is 2.21 bits per heavy atom. The van der Waals surface area contributed by atoms with E-state index in [0.29, 0.717) is 5.56 Å². The van der Waals surface area contributed by atoms with Gasteiger partial charge in [-0.25, -0.2) is 0 Å². The Labute approximate surface area is 81.3 Å². The lowest BCUT2D eigenvalue weighted by atomic mass is 10.0. The largest absolute Gasteiger partial charge is 0.505 e. The number of aromatic hydroxyl groups is 1. The number of hydrogen-bond acceptors (Lipinski definition) is 4. The van der Waals surface area contributed by atoms with E-state index in [4.69, 9.17) is 5.73 Å². The summed E-state index contributed by atoms with van der Waals surface area (Å²) in [5.41, 5.74) is 5.89. The molecule has 0 aliphatic heterocycles. The van der Waals surface area contributed by atoms with E-state index < -0.39 is 0 Å². The van der Waals surface area contributed by atoms with Crippen LogP contribution in [0.4, 0.5) is 5.69 Å². The van der Waals surface area contributed by atoms with Crippen LogP contribution in [0.15, 0.2) is 12.1 Å². The number of ketones is 2. The van der Waals surface area contributed by atoms with E-state index in [0.717, 1.165) is 0 Å². The zero-order chi connectivity index (χ0) is 10.9. The van der Waals surface area contributed by atoms with Gasteiger partial charge < -0.3 is 10.8 Å². The van der Waals surface area contributed by atoms with E-state index in [-0.39, 0.29) is 28.6 Å². The van der Waals surface area contributed by atoms with E-state index in [1.54, 1.807) is 0 Å². The number of phenolic OH excluding ortho intramolecular Hbond substituents is 1. The quantitative estimate of drug-likeness (QED) is 0.422. The third-order valence-electron chi connectivity index (χ3n) is 1.93. The molecule has 1 aromatic carbocycles. The molecule has 0 aliphatic carbocycles. The second kappa shape index (κ2) is 3.49. The Balaban J connectivity index is 3.43. The standard InChI is InChI=1S/C10H11NO3/c1-5(12)7-3-8(6(2)13)10(14)9(11)4-7/h3-4,14H,11H2,1-2H3. The Hall–Kier alpha value is -1.84. The normalized spacial score (nSPS) is 9.86. The van der Waals surface area contributed by atoms with E-state index >= 15 is 0 Å². The average molecular weight is 193 g/mol. The molecular formula is C10H11NO3. The summed E-state index contributed by atoms with van der Waals surface area (Å²) in [5, 5.41) is 9.42. The number of phenols is 1. The van der Waals surface area contributed by atoms with E-state index in [9.17, 15) is 14.7 Å². The zero-order valence-corrected chi connectivity index (χ0v) is 8.00. The summed E-state index contributed by atoms with van der Waals surface area (Å²) >= 11 is 0. The third kappa shape index (κ3) is 1.74. The van der Waals surface area contributed by atoms with E-state index in [1.165, 1.54) is 26.0 Å². The molecule has 1 aromatic rings. The molecular weight excluding hydrogens is 182 g/mol. The summed E-state index contributed by atoms with van der Waals surface area (Å²) in [6.07, 6.45) is 0. The van der Waals surface area contributed by atoms with E-state index in [1.807, 2.05) is 0 Å². The molecule has 4 heteroatoms. The number of hydrogen-bond donors (Lipinski definition) is 2. The fourth-order valence-corrected chi connectivity index (χ4v) is 1.13. The van der Waals surface area contributed by atoms with Gasteiger partial charge in [-0.15, -0.1) is 0 Å². The van der Waals surface area contributed by atoms with Crippen LogP contribution in [0.2, 0.25) is 0 Å². The molecule has 0 aliphatic rings. The monoisotopic (exact) mass is 193 g/mol. The van der Waals surface area contributed by atoms with Crippen LogP contribution in [-0.4, -0.2) is 16.7 Å². The molecule has 74 valence electrons. The van der Waals surface area contributed by atoms with Crippen molar-refractivity contribution in [3.05, 3.63) is 23.3 Å². The Bertz CT molecular complexity index is 410. The minimum Gasteiger partial charge on any atom is -0.505 e. The molecule has 0 amide bonds. The van der Waals surface area contributed by atoms with Crippen molar-refractivity contribution in [2.24, 2.45) is 0 Å². The number of carbonyl (C=O) groups excluding carboxylic acids is 2. The Morgan fingerprint density at radius 2 is 1.79 bits per heavy atom. The number of anilines is 1. The minimum absolute atomic E-state index is 0.0444. The topological polar surface area (TPSA) is 80.4 Å². The molecule has 14 heavy (non-hydrogen) atoms. The van der Waals surface area contributed by atoms with Gasteiger partial charge in [0.2, 0.25) is 0 Å². The molecule has 0 fully saturated rings. The first-order chi connectivity index (χ1) is 6.43. The van der Waals surface area contributed by atoms with Crippen LogP contribution in [0.5, 0.6) is 5.75 Å². The summed E-state index contributed by atoms with van der Waals surface area (Å²) in [7, 11) is 0. The lowest BCUT2D eigenvalue weighted by Gasteiger charge is -2.06. The third-order valence-corrected chi connectivity index (χ3v) is 1.93. The van der Waals surface area contributed by atoms with Gasteiger partial charge in [-0.2, -0.15) is 0 Å². The van der Waals surface area contributed by atoms with Gasteiger partial charge in [0, 0.05) is 5.56 Å². The number of benzene rings is 1. The summed E-state index contributed by atoms with van der Waals surface area (Å²) < 4.78 is 0. The molecule has 0 spiro atoms. The average Bonchev–Trinajstić information content (AvgIpc) is 2.08. The fourth-order valence-electron chi connectivity index (χ4n) is 1.13. The number of Topliss-reactive ketones (excluding diaryl/α,β-unsaturated/α-hetero) is 2. The fraction of sp³-hybridized carbons (Fsp3) is 0.200. The van der Waals surface area contributed by atoms with Crippen molar-refractivity contribution >= 4 is 17.3 Å². The highest BCUT2D eigenvalue weighted by atomic mass is 16.3. The number of nitrogens with two attached hydrogens (primary N) is 1. The minimum atomic E-state index is -0.322. The molecule has 0 atom stereocenters. The van der Waals surface area contributed by atoms with Crippen LogP contribution >= 0.6 is 0 Å². The van der Waals surface area contributed by atoms with Gasteiger partial charge in [0.15, 0.2) is 11.6 Å². The van der Waals surface area contributed by atoms with Gasteiger partial charge in [0.05, 0.1) is 11.3 Å². The zero-order valence-electron chi connectivity index (χ0n) is 8.00. The van der Waals surface area contributed by atoms with Crippen LogP contribution in [-0.2, 0) is 0 Å². The first kappa shape index (κ1) is 10.2. The van der Waals surface area contributed by atoms with Crippen LogP contribution in [0.25, 0.3) is 0 Å². The van der Waals surface area contributed by atoms with Crippen molar-refractivity contribution in [1.29, 1.82) is 0 Å². The van der Waals surface area contributed by atoms with Gasteiger partial charge in [0.25, 0.3) is 0 Å². The smallest absolute Gasteiger partial charge is 0.163 e. The molecule has 0 saturated heterocycles. The lowest BCUT2D eigenvalue weighted by molar-refractivity contribution is 0.101. The predicted molar refractivity (Wildman–Crippen MR) is 52.5 cm³/mol. The highest BCUT2D eigenvalue weighted by Crippen LogP contribution is 2.27. The highest BCUT2D eigenvalue weighted by molar-refractivity contribution is 6.03. The van der Waals surface area contributed by atoms with Gasteiger partial charge >= 0.3 is 0 Å². The summed E-state index contributed by atoms with van der Waals surface area (Å²) in [6.45, 7) is 2.67. The molecule has 0 bridgehead atoms. The molecule has 0 radical (unpaired) electrons. The maximum Gasteiger partial charge on any atom is 0.163 e. The molecule has 1 rings (SSSR count). The first-order valence-electron chi connectivity index (χ1n) is 4.08. The van der Waals surface area contributed by atoms with Crippen LogP contribution in [0, 0.1) is 0 Å². The molecule has 0 unspecified atom stereocenters. The number of nitrogen functional groups attached to an aromatic ring is 1. The second-order valence-corrected chi connectivity index (χ2v) is 3.07. The molecule has 3 N–H and O–H groups in total. The Kier molecular flexibility index (Phi) is 2.56. The molecule has 4 nitrogen and oxygen atoms in total. The van der Waals surface area contributed by atoms with E-state index in [2.05, 4.69) is 0 Å². The second-order valence-electron chi connectivity index (χ2n) is 3.07. The van der Waals surface area contributed by atoms with Crippen LogP contribution < -0.4 is 5.73 Å². The highest BCUT2D eigenvalue weighted by Gasteiger charge is 2.13. The van der Waals surface area contributed by atoms with Gasteiger partial charge in [-0.1, -0.05) is 0 Å². The van der Waals surface area contributed by atoms with Crippen LogP contribution in [0.3, 0.4) is 0 Å². The van der Waals surface area contributed by atoms with Crippen molar-refractivity contribution in [2.75, 3.05) is 5.73 Å². The maximum absolute atomic E-state index is 11.1. The maximum atomic E-state index is 11.1. The SMILES string of the molecule is CC(=O)c1cc(N)c(O)c(C(C)=O)c1. The van der Waals surface area contributed by atoms with Crippen molar-refractivity contribution in [1.82, 2.24) is 0 Å². The van der Waals surface area contributed by atoms with Crippen molar-refractivity contribution in [3.63, 3.8) is 0 Å². The number of rotatable bonds is 2. The lowest BCUT2D eigenvalue weighted by Crippen LogP contribution is -2.01. The predicted octanol–water partition coefficient (Wildman–Crippen LogP) is 1.38. The van der Waals surface area contributed by atoms with Gasteiger partial charge in [-0.3, -0.25) is 9.59 Å². The molecule has 0 aromatic heterocycles. The summed E-state index contributed by atoms with van der Waals surface area (Å²) in [5.74, 6) is -0.779. The summed E-state index contributed by atoms with van der Waals surface area (Å²) in [6, 6.07) is 2.69. The van der Waals surface area contributed by atoms with Gasteiger partial charge in [-0.05, 0) is 26.0 Å². The number of carbonyl (C=O) groups is 2. The van der Waals surface area contributed by atoms with Crippen molar-refractivity contribution < 1.29 is 14.7 Å². The molecule has 0 heterocycles. The Morgan fingerprint density at radius 1 is 1.21 bits per heavy atom. The molecule has 0 saturated carbocycles. The van der Waals surface area contributed by atoms with Crippen molar-refractivity contribution in [2.45, 2.75) is 13.8 Å². The van der Waals surface area contributed by atoms with Gasteiger partial charge in [0.1, 0.15) is 5.75 Å². The van der Waals surface area contributed by atoms with Crippen LogP contribution in [0.1, 0.15) is 34.6 Å². The van der Waals surface area contributed by atoms with Crippen molar-refractivity contribution in [3.8, 4) is 5.75 Å². The summed E-state index contributed by atoms with van der Waals surface area (Å²) in [4.78, 5) is 22.1.